The summed E-state index contributed by atoms with van der Waals surface area (Å²) in [4.78, 5) is 31.0. The van der Waals surface area contributed by atoms with E-state index in [1.165, 1.54) is 18.2 Å². The molecule has 10 heteroatoms. The maximum Gasteiger partial charge on any atom is 0.416 e. The van der Waals surface area contributed by atoms with Crippen LogP contribution in [0.3, 0.4) is 0 Å². The smallest absolute Gasteiger partial charge is 0.338 e. The van der Waals surface area contributed by atoms with Crippen LogP contribution in [-0.4, -0.2) is 49.5 Å². The molecule has 6 nitrogen and oxygen atoms in total. The van der Waals surface area contributed by atoms with Gasteiger partial charge < -0.3 is 4.90 Å². The molecule has 1 fully saturated rings. The van der Waals surface area contributed by atoms with Gasteiger partial charge in [0.1, 0.15) is 17.7 Å². The highest BCUT2D eigenvalue weighted by Gasteiger charge is 2.38. The molecule has 0 atom stereocenters. The molecular formula is C23H21F4N5O. The quantitative estimate of drug-likeness (QED) is 0.539. The second-order valence-corrected chi connectivity index (χ2v) is 8.10. The zero-order valence-electron chi connectivity index (χ0n) is 17.8. The zero-order chi connectivity index (χ0) is 23.6. The molecule has 0 radical (unpaired) electrons. The molecule has 0 aliphatic carbocycles. The summed E-state index contributed by atoms with van der Waals surface area (Å²) in [6, 6.07) is 5.84. The molecule has 33 heavy (non-hydrogen) atoms. The average Bonchev–Trinajstić information content (AvgIpc) is 2.80. The number of carbonyl (C=O) groups is 1. The Morgan fingerprint density at radius 1 is 1.12 bits per heavy atom. The number of nitrogens with zero attached hydrogens (tertiary/aromatic N) is 5. The van der Waals surface area contributed by atoms with E-state index in [1.807, 2.05) is 0 Å². The van der Waals surface area contributed by atoms with E-state index in [0.29, 0.717) is 17.0 Å². The first kappa shape index (κ1) is 22.8. The van der Waals surface area contributed by atoms with Crippen molar-refractivity contribution in [2.24, 2.45) is 0 Å². The molecule has 4 heterocycles. The number of hydrogen-bond donors (Lipinski definition) is 0. The highest BCUT2D eigenvalue weighted by Crippen LogP contribution is 2.35. The summed E-state index contributed by atoms with van der Waals surface area (Å²) in [6.45, 7) is 1.58. The summed E-state index contributed by atoms with van der Waals surface area (Å²) in [6.07, 6.45) is 0.825. The van der Waals surface area contributed by atoms with E-state index < -0.39 is 17.4 Å². The Balaban J connectivity index is 1.47. The lowest BCUT2D eigenvalue weighted by Gasteiger charge is -2.36. The minimum absolute atomic E-state index is 0.00124. The van der Waals surface area contributed by atoms with Gasteiger partial charge in [-0.2, -0.15) is 13.2 Å². The number of alkyl halides is 4. The summed E-state index contributed by atoms with van der Waals surface area (Å²) in [5.41, 5.74) is -1.26. The number of likely N-dealkylation sites (tertiary alicyclic amines) is 1. The standard InChI is InChI=1S/C23H21F4N5O/c1-15-13-30-16(11-18(15)23(25,26)27)12-22(24)5-9-32(10-6-22)21(33)17-3-2-7-29-20(17)19-4-8-28-14-31-19/h2-4,7-8,11,13-14H,5-6,9-10,12H2,1H3. The third-order valence-corrected chi connectivity index (χ3v) is 5.77. The number of rotatable bonds is 4. The first-order chi connectivity index (χ1) is 15.7. The van der Waals surface area contributed by atoms with Gasteiger partial charge in [0.05, 0.1) is 16.8 Å². The van der Waals surface area contributed by atoms with Crippen LogP contribution < -0.4 is 0 Å². The SMILES string of the molecule is Cc1cnc(CC2(F)CCN(C(=O)c3cccnc3-c3ccncn3)CC2)cc1C(F)(F)F. The van der Waals surface area contributed by atoms with Crippen molar-refractivity contribution < 1.29 is 22.4 Å². The van der Waals surface area contributed by atoms with Crippen LogP contribution >= 0.6 is 0 Å². The molecule has 4 rings (SSSR count). The predicted molar refractivity (Wildman–Crippen MR) is 112 cm³/mol. The fourth-order valence-electron chi connectivity index (χ4n) is 3.96. The minimum atomic E-state index is -4.52. The van der Waals surface area contributed by atoms with Crippen molar-refractivity contribution in [2.45, 2.75) is 38.0 Å². The Labute approximate surface area is 187 Å². The lowest BCUT2D eigenvalue weighted by molar-refractivity contribution is -0.138. The van der Waals surface area contributed by atoms with E-state index in [9.17, 15) is 18.0 Å². The van der Waals surface area contributed by atoms with Crippen LogP contribution in [0.5, 0.6) is 0 Å². The highest BCUT2D eigenvalue weighted by molar-refractivity contribution is 5.99. The molecule has 0 aromatic carbocycles. The Hall–Kier alpha value is -3.43. The maximum absolute atomic E-state index is 15.5. The number of aromatic nitrogens is 4. The van der Waals surface area contributed by atoms with Gasteiger partial charge in [0.2, 0.25) is 0 Å². The number of halogens is 4. The molecule has 1 amide bonds. The fourth-order valence-corrected chi connectivity index (χ4v) is 3.96. The molecular weight excluding hydrogens is 438 g/mol. The summed E-state index contributed by atoms with van der Waals surface area (Å²) in [7, 11) is 0. The van der Waals surface area contributed by atoms with Gasteiger partial charge in [0.25, 0.3) is 5.91 Å². The lowest BCUT2D eigenvalue weighted by atomic mass is 9.87. The highest BCUT2D eigenvalue weighted by atomic mass is 19.4. The van der Waals surface area contributed by atoms with Crippen molar-refractivity contribution in [3.8, 4) is 11.4 Å². The Bertz CT molecular complexity index is 1150. The van der Waals surface area contributed by atoms with Gasteiger partial charge in [-0.05, 0) is 49.6 Å². The molecule has 172 valence electrons. The third kappa shape index (κ3) is 4.99. The average molecular weight is 459 g/mol. The van der Waals surface area contributed by atoms with Crippen molar-refractivity contribution in [2.75, 3.05) is 13.1 Å². The summed E-state index contributed by atoms with van der Waals surface area (Å²) >= 11 is 0. The number of carbonyl (C=O) groups excluding carboxylic acids is 1. The van der Waals surface area contributed by atoms with Crippen LogP contribution in [0.1, 0.15) is 40.0 Å². The molecule has 0 saturated carbocycles. The number of amides is 1. The maximum atomic E-state index is 15.5. The van der Waals surface area contributed by atoms with Crippen molar-refractivity contribution in [1.82, 2.24) is 24.8 Å². The van der Waals surface area contributed by atoms with Crippen LogP contribution in [-0.2, 0) is 12.6 Å². The first-order valence-electron chi connectivity index (χ1n) is 10.4. The van der Waals surface area contributed by atoms with Crippen LogP contribution in [0.25, 0.3) is 11.4 Å². The van der Waals surface area contributed by atoms with Gasteiger partial charge >= 0.3 is 6.18 Å². The van der Waals surface area contributed by atoms with E-state index in [0.717, 1.165) is 12.3 Å². The second kappa shape index (κ2) is 8.84. The summed E-state index contributed by atoms with van der Waals surface area (Å²) in [5, 5.41) is 0. The van der Waals surface area contributed by atoms with Gasteiger partial charge in [0.15, 0.2) is 0 Å². The third-order valence-electron chi connectivity index (χ3n) is 5.77. The Morgan fingerprint density at radius 2 is 1.88 bits per heavy atom. The number of aryl methyl sites for hydroxylation is 1. The molecule has 0 bridgehead atoms. The molecule has 1 aliphatic heterocycles. The summed E-state index contributed by atoms with van der Waals surface area (Å²) in [5.74, 6) is -0.299. The van der Waals surface area contributed by atoms with Gasteiger partial charge in [-0.1, -0.05) is 0 Å². The second-order valence-electron chi connectivity index (χ2n) is 8.10. The van der Waals surface area contributed by atoms with E-state index in [-0.39, 0.29) is 49.5 Å². The van der Waals surface area contributed by atoms with Crippen LogP contribution in [0, 0.1) is 6.92 Å². The topological polar surface area (TPSA) is 71.9 Å². The Morgan fingerprint density at radius 3 is 2.55 bits per heavy atom. The number of pyridine rings is 2. The molecule has 0 spiro atoms. The van der Waals surface area contributed by atoms with Gasteiger partial charge in [0, 0.05) is 43.8 Å². The van der Waals surface area contributed by atoms with Crippen molar-refractivity contribution in [3.05, 3.63) is 71.6 Å². The Kier molecular flexibility index (Phi) is 6.09. The van der Waals surface area contributed by atoms with Crippen molar-refractivity contribution in [3.63, 3.8) is 0 Å². The molecule has 0 N–H and O–H groups in total. The molecule has 1 saturated heterocycles. The van der Waals surface area contributed by atoms with Gasteiger partial charge in [-0.15, -0.1) is 0 Å². The molecule has 3 aromatic rings. The van der Waals surface area contributed by atoms with E-state index in [1.54, 1.807) is 30.6 Å². The molecule has 0 unspecified atom stereocenters. The summed E-state index contributed by atoms with van der Waals surface area (Å²) < 4.78 is 55.0. The monoisotopic (exact) mass is 459 g/mol. The fraction of sp³-hybridized carbons (Fsp3) is 0.348. The number of piperidine rings is 1. The van der Waals surface area contributed by atoms with Crippen LogP contribution in [0.2, 0.25) is 0 Å². The van der Waals surface area contributed by atoms with E-state index in [2.05, 4.69) is 19.9 Å². The van der Waals surface area contributed by atoms with Gasteiger partial charge in [-0.3, -0.25) is 14.8 Å². The largest absolute Gasteiger partial charge is 0.416 e. The molecule has 3 aromatic heterocycles. The van der Waals surface area contributed by atoms with E-state index in [4.69, 9.17) is 0 Å². The molecule has 1 aliphatic rings. The lowest BCUT2D eigenvalue weighted by Crippen LogP contribution is -2.45. The van der Waals surface area contributed by atoms with Gasteiger partial charge in [-0.25, -0.2) is 14.4 Å². The predicted octanol–water partition coefficient (Wildman–Crippen LogP) is 4.45. The van der Waals surface area contributed by atoms with E-state index >= 15 is 4.39 Å². The van der Waals surface area contributed by atoms with Crippen LogP contribution in [0.4, 0.5) is 17.6 Å². The van der Waals surface area contributed by atoms with Crippen molar-refractivity contribution >= 4 is 5.91 Å². The minimum Gasteiger partial charge on any atom is -0.338 e. The number of hydrogen-bond acceptors (Lipinski definition) is 5. The normalized spacial score (nSPS) is 16.0. The first-order valence-corrected chi connectivity index (χ1v) is 10.4. The van der Waals surface area contributed by atoms with Crippen molar-refractivity contribution in [1.29, 1.82) is 0 Å². The van der Waals surface area contributed by atoms with Crippen LogP contribution in [0.15, 0.2) is 49.2 Å². The zero-order valence-corrected chi connectivity index (χ0v) is 17.8.